The monoisotopic (exact) mass is 276 g/mol. The van der Waals surface area contributed by atoms with Crippen molar-refractivity contribution in [3.63, 3.8) is 0 Å². The molecule has 19 heavy (non-hydrogen) atoms. The normalized spacial score (nSPS) is 11.2. The summed E-state index contributed by atoms with van der Waals surface area (Å²) in [6, 6.07) is 3.13. The molecule has 0 spiro atoms. The van der Waals surface area contributed by atoms with Gasteiger partial charge in [-0.25, -0.2) is 9.78 Å². The number of nitrogens with zero attached hydrogens (tertiary/aromatic N) is 1. The van der Waals surface area contributed by atoms with Gasteiger partial charge >= 0.3 is 12.1 Å². The van der Waals surface area contributed by atoms with E-state index in [-0.39, 0.29) is 12.1 Å². The van der Waals surface area contributed by atoms with Crippen LogP contribution >= 0.6 is 0 Å². The third-order valence-corrected chi connectivity index (χ3v) is 2.37. The lowest BCUT2D eigenvalue weighted by Gasteiger charge is -2.08. The van der Waals surface area contributed by atoms with Gasteiger partial charge in [-0.1, -0.05) is 0 Å². The Kier molecular flexibility index (Phi) is 5.59. The van der Waals surface area contributed by atoms with E-state index in [9.17, 15) is 18.0 Å². The van der Waals surface area contributed by atoms with Crippen molar-refractivity contribution in [2.75, 3.05) is 19.0 Å². The van der Waals surface area contributed by atoms with Crippen LogP contribution in [0.3, 0.4) is 0 Å². The lowest BCUT2D eigenvalue weighted by Crippen LogP contribution is -2.09. The average molecular weight is 276 g/mol. The predicted molar refractivity (Wildman–Crippen MR) is 64.0 cm³/mol. The molecular weight excluding hydrogens is 261 g/mol. The van der Waals surface area contributed by atoms with E-state index < -0.39 is 18.6 Å². The lowest BCUT2D eigenvalue weighted by molar-refractivity contribution is -0.135. The highest BCUT2D eigenvalue weighted by Crippen LogP contribution is 2.22. The standard InChI is InChI=1S/C12H15F3N2O2/c1-19-11(18)10-8-9(4-7-17-10)16-6-3-2-5-12(13,14)15/h4,7-8H,2-3,5-6H2,1H3,(H,16,17). The zero-order chi connectivity index (χ0) is 14.3. The maximum atomic E-state index is 11.9. The van der Waals surface area contributed by atoms with Crippen molar-refractivity contribution < 1.29 is 22.7 Å². The minimum atomic E-state index is -4.10. The number of nitrogens with one attached hydrogen (secondary N) is 1. The van der Waals surface area contributed by atoms with Gasteiger partial charge < -0.3 is 10.1 Å². The Labute approximate surface area is 109 Å². The van der Waals surface area contributed by atoms with Crippen molar-refractivity contribution in [3.8, 4) is 0 Å². The lowest BCUT2D eigenvalue weighted by atomic mass is 10.2. The van der Waals surface area contributed by atoms with Crippen LogP contribution in [-0.4, -0.2) is 30.8 Å². The molecule has 0 aliphatic rings. The van der Waals surface area contributed by atoms with Crippen molar-refractivity contribution in [2.45, 2.75) is 25.4 Å². The predicted octanol–water partition coefficient (Wildman–Crippen LogP) is 3.01. The van der Waals surface area contributed by atoms with Crippen molar-refractivity contribution in [2.24, 2.45) is 0 Å². The molecule has 1 heterocycles. The zero-order valence-corrected chi connectivity index (χ0v) is 10.5. The number of rotatable bonds is 6. The van der Waals surface area contributed by atoms with E-state index in [0.29, 0.717) is 18.7 Å². The average Bonchev–Trinajstić information content (AvgIpc) is 2.36. The van der Waals surface area contributed by atoms with Crippen LogP contribution in [0.4, 0.5) is 18.9 Å². The number of methoxy groups -OCH3 is 1. The van der Waals surface area contributed by atoms with Gasteiger partial charge in [0.05, 0.1) is 7.11 Å². The van der Waals surface area contributed by atoms with Crippen LogP contribution in [0, 0.1) is 0 Å². The number of esters is 1. The fourth-order valence-electron chi connectivity index (χ4n) is 1.44. The quantitative estimate of drug-likeness (QED) is 0.641. The third kappa shape index (κ3) is 6.08. The first-order valence-electron chi connectivity index (χ1n) is 5.77. The fraction of sp³-hybridized carbons (Fsp3) is 0.500. The van der Waals surface area contributed by atoms with E-state index in [1.165, 1.54) is 19.4 Å². The van der Waals surface area contributed by atoms with Gasteiger partial charge in [-0.3, -0.25) is 0 Å². The Bertz CT molecular complexity index is 422. The highest BCUT2D eigenvalue weighted by molar-refractivity contribution is 5.88. The maximum absolute atomic E-state index is 11.9. The first kappa shape index (κ1) is 15.3. The third-order valence-electron chi connectivity index (χ3n) is 2.37. The summed E-state index contributed by atoms with van der Waals surface area (Å²) < 4.78 is 40.2. The van der Waals surface area contributed by atoms with Crippen LogP contribution in [0.1, 0.15) is 29.8 Å². The minimum Gasteiger partial charge on any atom is -0.464 e. The molecule has 0 aliphatic carbocycles. The molecule has 106 valence electrons. The maximum Gasteiger partial charge on any atom is 0.389 e. The Morgan fingerprint density at radius 1 is 1.42 bits per heavy atom. The number of carbonyl (C=O) groups is 1. The highest BCUT2D eigenvalue weighted by atomic mass is 19.4. The van der Waals surface area contributed by atoms with Crippen molar-refractivity contribution >= 4 is 11.7 Å². The summed E-state index contributed by atoms with van der Waals surface area (Å²) in [6.07, 6.45) is -2.97. The molecular formula is C12H15F3N2O2. The number of aromatic nitrogens is 1. The van der Waals surface area contributed by atoms with Gasteiger partial charge in [-0.2, -0.15) is 13.2 Å². The van der Waals surface area contributed by atoms with Gasteiger partial charge in [0, 0.05) is 24.8 Å². The largest absolute Gasteiger partial charge is 0.464 e. The van der Waals surface area contributed by atoms with Gasteiger partial charge in [0.1, 0.15) is 5.69 Å². The van der Waals surface area contributed by atoms with Gasteiger partial charge in [0.25, 0.3) is 0 Å². The molecule has 0 radical (unpaired) electrons. The second kappa shape index (κ2) is 6.96. The molecule has 0 amide bonds. The van der Waals surface area contributed by atoms with Crippen LogP contribution in [0.5, 0.6) is 0 Å². The number of ether oxygens (including phenoxy) is 1. The Morgan fingerprint density at radius 2 is 2.16 bits per heavy atom. The van der Waals surface area contributed by atoms with E-state index in [2.05, 4.69) is 15.0 Å². The van der Waals surface area contributed by atoms with E-state index >= 15 is 0 Å². The summed E-state index contributed by atoms with van der Waals surface area (Å²) in [5.74, 6) is -0.555. The van der Waals surface area contributed by atoms with Crippen molar-refractivity contribution in [1.29, 1.82) is 0 Å². The van der Waals surface area contributed by atoms with E-state index in [1.54, 1.807) is 6.07 Å². The smallest absolute Gasteiger partial charge is 0.389 e. The van der Waals surface area contributed by atoms with Gasteiger partial charge in [0.2, 0.25) is 0 Å². The van der Waals surface area contributed by atoms with Crippen LogP contribution in [0.15, 0.2) is 18.3 Å². The Balaban J connectivity index is 2.35. The Morgan fingerprint density at radius 3 is 2.79 bits per heavy atom. The van der Waals surface area contributed by atoms with Gasteiger partial charge in [-0.15, -0.1) is 0 Å². The molecule has 0 saturated heterocycles. The number of hydrogen-bond donors (Lipinski definition) is 1. The molecule has 4 nitrogen and oxygen atoms in total. The van der Waals surface area contributed by atoms with Gasteiger partial charge in [0.15, 0.2) is 0 Å². The number of carbonyl (C=O) groups excluding carboxylic acids is 1. The molecule has 0 aromatic carbocycles. The van der Waals surface area contributed by atoms with Crippen molar-refractivity contribution in [3.05, 3.63) is 24.0 Å². The van der Waals surface area contributed by atoms with E-state index in [4.69, 9.17) is 0 Å². The SMILES string of the molecule is COC(=O)c1cc(NCCCCC(F)(F)F)ccn1. The number of hydrogen-bond acceptors (Lipinski definition) is 4. The van der Waals surface area contributed by atoms with Gasteiger partial charge in [-0.05, 0) is 25.0 Å². The minimum absolute atomic E-state index is 0.0748. The van der Waals surface area contributed by atoms with Crippen molar-refractivity contribution in [1.82, 2.24) is 4.98 Å². The van der Waals surface area contributed by atoms with Crippen LogP contribution in [-0.2, 0) is 4.74 Å². The summed E-state index contributed by atoms with van der Waals surface area (Å²) in [5, 5.41) is 2.94. The first-order chi connectivity index (χ1) is 8.92. The van der Waals surface area contributed by atoms with Crippen LogP contribution < -0.4 is 5.32 Å². The highest BCUT2D eigenvalue weighted by Gasteiger charge is 2.25. The molecule has 0 atom stereocenters. The summed E-state index contributed by atoms with van der Waals surface area (Å²) in [6.45, 7) is 0.403. The molecule has 0 bridgehead atoms. The topological polar surface area (TPSA) is 51.2 Å². The molecule has 0 aliphatic heterocycles. The first-order valence-corrected chi connectivity index (χ1v) is 5.77. The number of halogens is 3. The second-order valence-corrected chi connectivity index (χ2v) is 3.92. The number of pyridine rings is 1. The molecule has 1 rings (SSSR count). The zero-order valence-electron chi connectivity index (χ0n) is 10.5. The summed E-state index contributed by atoms with van der Waals surface area (Å²) in [4.78, 5) is 15.0. The molecule has 0 saturated carbocycles. The molecule has 1 N–H and O–H groups in total. The van der Waals surface area contributed by atoms with Crippen LogP contribution in [0.2, 0.25) is 0 Å². The molecule has 0 unspecified atom stereocenters. The number of anilines is 1. The van der Waals surface area contributed by atoms with E-state index in [1.807, 2.05) is 0 Å². The summed E-state index contributed by atoms with van der Waals surface area (Å²) in [7, 11) is 1.25. The van der Waals surface area contributed by atoms with Crippen LogP contribution in [0.25, 0.3) is 0 Å². The second-order valence-electron chi connectivity index (χ2n) is 3.92. The number of unbranched alkanes of at least 4 members (excludes halogenated alkanes) is 1. The fourth-order valence-corrected chi connectivity index (χ4v) is 1.44. The summed E-state index contributed by atoms with van der Waals surface area (Å²) >= 11 is 0. The molecule has 7 heteroatoms. The Hall–Kier alpha value is -1.79. The molecule has 1 aromatic heterocycles. The van der Waals surface area contributed by atoms with E-state index in [0.717, 1.165) is 0 Å². The summed E-state index contributed by atoms with van der Waals surface area (Å²) in [5.41, 5.74) is 0.783. The number of alkyl halides is 3. The molecule has 0 fully saturated rings. The molecule has 1 aromatic rings.